The Kier molecular flexibility index (Phi) is 8.67. The number of carbonyl (C=O) groups excluding carboxylic acids is 1. The minimum atomic E-state index is -3.73. The number of nitrogens with zero attached hydrogens (tertiary/aromatic N) is 2. The predicted octanol–water partition coefficient (Wildman–Crippen LogP) is 4.18. The van der Waals surface area contributed by atoms with Gasteiger partial charge in [0.15, 0.2) is 5.13 Å². The van der Waals surface area contributed by atoms with Gasteiger partial charge in [-0.15, -0.1) is 11.3 Å². The van der Waals surface area contributed by atoms with E-state index in [1.54, 1.807) is 7.11 Å². The molecule has 0 aliphatic carbocycles. The summed E-state index contributed by atoms with van der Waals surface area (Å²) in [6.45, 7) is 0.825. The molecule has 0 spiro atoms. The molecule has 0 saturated carbocycles. The van der Waals surface area contributed by atoms with E-state index in [2.05, 4.69) is 10.3 Å². The molecule has 7 nitrogen and oxygen atoms in total. The minimum Gasteiger partial charge on any atom is -0.384 e. The van der Waals surface area contributed by atoms with E-state index in [1.165, 1.54) is 36.1 Å². The normalized spacial score (nSPS) is 11.6. The van der Waals surface area contributed by atoms with Crippen LogP contribution in [-0.2, 0) is 26.0 Å². The van der Waals surface area contributed by atoms with E-state index < -0.39 is 15.8 Å². The third kappa shape index (κ3) is 6.91. The van der Waals surface area contributed by atoms with E-state index in [1.807, 2.05) is 29.6 Å². The van der Waals surface area contributed by atoms with Crippen molar-refractivity contribution >= 4 is 32.4 Å². The first-order chi connectivity index (χ1) is 15.8. The molecule has 0 bridgehead atoms. The molecular formula is C23H26FN3O4S2. The zero-order chi connectivity index (χ0) is 23.8. The maximum Gasteiger partial charge on any atom is 0.242 e. The van der Waals surface area contributed by atoms with Gasteiger partial charge in [-0.1, -0.05) is 24.3 Å². The van der Waals surface area contributed by atoms with Crippen LogP contribution < -0.4 is 5.32 Å². The molecular weight excluding hydrogens is 465 g/mol. The van der Waals surface area contributed by atoms with Crippen LogP contribution in [0, 0.1) is 5.82 Å². The summed E-state index contributed by atoms with van der Waals surface area (Å²) in [4.78, 5) is 16.8. The van der Waals surface area contributed by atoms with Crippen LogP contribution in [0.2, 0.25) is 0 Å². The quantitative estimate of drug-likeness (QED) is 0.435. The van der Waals surface area contributed by atoms with Crippen molar-refractivity contribution in [1.82, 2.24) is 9.29 Å². The number of benzene rings is 2. The van der Waals surface area contributed by atoms with Crippen molar-refractivity contribution < 1.29 is 22.3 Å². The van der Waals surface area contributed by atoms with Crippen LogP contribution in [0.4, 0.5) is 9.52 Å². The van der Waals surface area contributed by atoms with Crippen molar-refractivity contribution in [2.24, 2.45) is 0 Å². The van der Waals surface area contributed by atoms with Crippen LogP contribution >= 0.6 is 11.3 Å². The van der Waals surface area contributed by atoms with Gasteiger partial charge >= 0.3 is 0 Å². The fourth-order valence-corrected chi connectivity index (χ4v) is 5.02. The lowest BCUT2D eigenvalue weighted by Crippen LogP contribution is -2.28. The molecule has 33 heavy (non-hydrogen) atoms. The number of anilines is 1. The number of sulfonamides is 1. The molecule has 0 radical (unpaired) electrons. The molecule has 1 aromatic heterocycles. The first-order valence-electron chi connectivity index (χ1n) is 10.3. The zero-order valence-corrected chi connectivity index (χ0v) is 20.1. The maximum atomic E-state index is 13.0. The Bertz CT molecular complexity index is 1160. The Morgan fingerprint density at radius 3 is 2.52 bits per heavy atom. The molecule has 3 rings (SSSR count). The summed E-state index contributed by atoms with van der Waals surface area (Å²) >= 11 is 1.33. The summed E-state index contributed by atoms with van der Waals surface area (Å²) in [7, 11) is -0.622. The molecule has 1 amide bonds. The van der Waals surface area contributed by atoms with E-state index in [0.717, 1.165) is 34.1 Å². The van der Waals surface area contributed by atoms with Gasteiger partial charge in [-0.2, -0.15) is 0 Å². The number of aromatic nitrogens is 1. The van der Waals surface area contributed by atoms with Crippen molar-refractivity contribution in [3.63, 3.8) is 0 Å². The molecule has 1 N–H and O–H groups in total. The van der Waals surface area contributed by atoms with Crippen LogP contribution in [0.15, 0.2) is 58.8 Å². The number of halogens is 1. The van der Waals surface area contributed by atoms with Gasteiger partial charge in [-0.3, -0.25) is 4.79 Å². The number of amides is 1. The van der Waals surface area contributed by atoms with E-state index in [9.17, 15) is 17.6 Å². The Morgan fingerprint density at radius 1 is 1.15 bits per heavy atom. The molecule has 0 atom stereocenters. The molecule has 0 aliphatic heterocycles. The van der Waals surface area contributed by atoms with Gasteiger partial charge in [-0.05, 0) is 42.7 Å². The largest absolute Gasteiger partial charge is 0.384 e. The molecule has 0 unspecified atom stereocenters. The molecule has 2 aromatic carbocycles. The van der Waals surface area contributed by atoms with Crippen LogP contribution in [-0.4, -0.2) is 50.9 Å². The lowest BCUT2D eigenvalue weighted by molar-refractivity contribution is -0.116. The summed E-state index contributed by atoms with van der Waals surface area (Å²) in [5.41, 5.74) is 2.91. The number of rotatable bonds is 11. The lowest BCUT2D eigenvalue weighted by Gasteiger charge is -2.16. The average Bonchev–Trinajstić information content (AvgIpc) is 3.26. The predicted molar refractivity (Wildman–Crippen MR) is 127 cm³/mol. The van der Waals surface area contributed by atoms with Crippen molar-refractivity contribution in [2.45, 2.75) is 24.2 Å². The third-order valence-electron chi connectivity index (χ3n) is 4.99. The average molecular weight is 492 g/mol. The summed E-state index contributed by atoms with van der Waals surface area (Å²) in [6, 6.07) is 12.7. The summed E-state index contributed by atoms with van der Waals surface area (Å²) < 4.78 is 44.3. The van der Waals surface area contributed by atoms with Gasteiger partial charge in [0.25, 0.3) is 0 Å². The van der Waals surface area contributed by atoms with Crippen LogP contribution in [0.5, 0.6) is 0 Å². The summed E-state index contributed by atoms with van der Waals surface area (Å²) in [5.74, 6) is -0.740. The Morgan fingerprint density at radius 2 is 1.85 bits per heavy atom. The standard InChI is InChI=1S/C23H26FN3O4S2/c1-27(33(29,30)20-11-9-19(24)10-12-20)14-3-4-22(28)26-23-25-21(16-32-23)18-7-5-17(6-8-18)13-15-31-2/h5-12,16H,3-4,13-15H2,1-2H3,(H,25,26,28). The minimum absolute atomic E-state index is 0.0119. The first-order valence-corrected chi connectivity index (χ1v) is 12.7. The van der Waals surface area contributed by atoms with E-state index >= 15 is 0 Å². The van der Waals surface area contributed by atoms with Gasteiger partial charge in [-0.25, -0.2) is 22.1 Å². The van der Waals surface area contributed by atoms with Crippen LogP contribution in [0.1, 0.15) is 18.4 Å². The van der Waals surface area contributed by atoms with Gasteiger partial charge in [0.2, 0.25) is 15.9 Å². The van der Waals surface area contributed by atoms with Crippen molar-refractivity contribution in [3.8, 4) is 11.3 Å². The molecule has 3 aromatic rings. The maximum absolute atomic E-state index is 13.0. The summed E-state index contributed by atoms with van der Waals surface area (Å²) in [6.07, 6.45) is 1.33. The Labute approximate surface area is 197 Å². The number of methoxy groups -OCH3 is 1. The number of ether oxygens (including phenoxy) is 1. The number of thiazole rings is 1. The topological polar surface area (TPSA) is 88.6 Å². The van der Waals surface area contributed by atoms with Gasteiger partial charge in [0, 0.05) is 38.1 Å². The van der Waals surface area contributed by atoms with E-state index in [-0.39, 0.29) is 23.8 Å². The SMILES string of the molecule is COCCc1ccc(-c2csc(NC(=O)CCCN(C)S(=O)(=O)c3ccc(F)cc3)n2)cc1. The molecule has 0 fully saturated rings. The fraction of sp³-hybridized carbons (Fsp3) is 0.304. The number of hydrogen-bond donors (Lipinski definition) is 1. The lowest BCUT2D eigenvalue weighted by atomic mass is 10.1. The highest BCUT2D eigenvalue weighted by molar-refractivity contribution is 7.89. The van der Waals surface area contributed by atoms with Gasteiger partial charge in [0.05, 0.1) is 17.2 Å². The van der Waals surface area contributed by atoms with Crippen molar-refractivity contribution in [3.05, 3.63) is 65.3 Å². The molecule has 0 saturated heterocycles. The monoisotopic (exact) mass is 491 g/mol. The molecule has 176 valence electrons. The highest BCUT2D eigenvalue weighted by Gasteiger charge is 2.20. The highest BCUT2D eigenvalue weighted by Crippen LogP contribution is 2.25. The zero-order valence-electron chi connectivity index (χ0n) is 18.5. The number of hydrogen-bond acceptors (Lipinski definition) is 6. The van der Waals surface area contributed by atoms with Gasteiger partial charge < -0.3 is 10.1 Å². The Hall–Kier alpha value is -2.66. The molecule has 10 heteroatoms. The van der Waals surface area contributed by atoms with Crippen molar-refractivity contribution in [2.75, 3.05) is 32.6 Å². The van der Waals surface area contributed by atoms with E-state index in [0.29, 0.717) is 18.2 Å². The fourth-order valence-electron chi connectivity index (χ4n) is 3.08. The third-order valence-corrected chi connectivity index (χ3v) is 7.62. The van der Waals surface area contributed by atoms with E-state index in [4.69, 9.17) is 4.74 Å². The second-order valence-electron chi connectivity index (χ2n) is 7.41. The van der Waals surface area contributed by atoms with Crippen LogP contribution in [0.25, 0.3) is 11.3 Å². The molecule has 0 aliphatic rings. The highest BCUT2D eigenvalue weighted by atomic mass is 32.2. The number of nitrogens with one attached hydrogen (secondary N) is 1. The van der Waals surface area contributed by atoms with Crippen molar-refractivity contribution in [1.29, 1.82) is 0 Å². The number of carbonyl (C=O) groups is 1. The first kappa shape index (κ1) is 25.0. The molecule has 1 heterocycles. The second kappa shape index (κ2) is 11.5. The smallest absolute Gasteiger partial charge is 0.242 e. The Balaban J connectivity index is 1.48. The second-order valence-corrected chi connectivity index (χ2v) is 10.3. The summed E-state index contributed by atoms with van der Waals surface area (Å²) in [5, 5.41) is 5.13. The van der Waals surface area contributed by atoms with Gasteiger partial charge in [0.1, 0.15) is 5.82 Å². The van der Waals surface area contributed by atoms with Crippen LogP contribution in [0.3, 0.4) is 0 Å².